The molecule has 0 spiro atoms. The minimum atomic E-state index is -3.44. The summed E-state index contributed by atoms with van der Waals surface area (Å²) in [6.07, 6.45) is 2.32. The molecule has 0 fully saturated rings. The highest BCUT2D eigenvalue weighted by molar-refractivity contribution is 9.10. The third-order valence-electron chi connectivity index (χ3n) is 4.86. The van der Waals surface area contributed by atoms with Gasteiger partial charge in [-0.3, -0.25) is 4.79 Å². The molecule has 0 saturated heterocycles. The largest absolute Gasteiger partial charge is 0.508 e. The number of hydrogen-bond donors (Lipinski definition) is 2. The number of phenols is 1. The lowest BCUT2D eigenvalue weighted by molar-refractivity contribution is -0.116. The summed E-state index contributed by atoms with van der Waals surface area (Å²) in [7, 11) is -3.44. The Bertz CT molecular complexity index is 930. The first-order valence-corrected chi connectivity index (χ1v) is 10.3. The van der Waals surface area contributed by atoms with E-state index in [4.69, 9.17) is 0 Å². The van der Waals surface area contributed by atoms with Crippen molar-refractivity contribution in [1.82, 2.24) is 5.32 Å². The summed E-state index contributed by atoms with van der Waals surface area (Å²) in [5.74, 6) is -0.704. The van der Waals surface area contributed by atoms with Gasteiger partial charge in [0.05, 0.1) is 16.6 Å². The van der Waals surface area contributed by atoms with Gasteiger partial charge in [0, 0.05) is 39.8 Å². The van der Waals surface area contributed by atoms with E-state index in [1.54, 1.807) is 12.1 Å². The molecule has 0 bridgehead atoms. The van der Waals surface area contributed by atoms with Gasteiger partial charge in [-0.1, -0.05) is 15.9 Å². The van der Waals surface area contributed by atoms with Gasteiger partial charge in [-0.05, 0) is 31.0 Å². The van der Waals surface area contributed by atoms with Crippen LogP contribution in [0, 0.1) is 0 Å². The standard InChI is InChI=1S/C17H16BrNO4S/c18-9-4-5-13(20)10(8-9)15-16-11(2-1-3-14(16)21)19-12-6-7-24(22,23)17(12)15/h4-5,8,15,19-20H,1-3,6-7H2. The zero-order valence-corrected chi connectivity index (χ0v) is 15.2. The predicted molar refractivity (Wildman–Crippen MR) is 93.0 cm³/mol. The number of benzene rings is 1. The number of carbonyl (C=O) groups is 1. The maximum Gasteiger partial charge on any atom is 0.177 e. The van der Waals surface area contributed by atoms with Crippen LogP contribution in [0.5, 0.6) is 5.75 Å². The molecule has 2 aliphatic heterocycles. The number of allylic oxidation sites excluding steroid dienone is 4. The molecule has 2 N–H and O–H groups in total. The van der Waals surface area contributed by atoms with E-state index < -0.39 is 15.8 Å². The van der Waals surface area contributed by atoms with E-state index in [9.17, 15) is 18.3 Å². The van der Waals surface area contributed by atoms with E-state index in [0.717, 1.165) is 23.0 Å². The number of halogens is 1. The molecule has 2 heterocycles. The Morgan fingerprint density at radius 1 is 1.17 bits per heavy atom. The van der Waals surface area contributed by atoms with Crippen molar-refractivity contribution in [2.24, 2.45) is 0 Å². The van der Waals surface area contributed by atoms with E-state index in [1.807, 2.05) is 0 Å². The number of aromatic hydroxyl groups is 1. The van der Waals surface area contributed by atoms with Gasteiger partial charge in [-0.25, -0.2) is 8.42 Å². The van der Waals surface area contributed by atoms with E-state index in [1.165, 1.54) is 6.07 Å². The number of ketones is 1. The number of nitrogens with one attached hydrogen (secondary N) is 1. The van der Waals surface area contributed by atoms with Crippen molar-refractivity contribution >= 4 is 31.6 Å². The molecular weight excluding hydrogens is 394 g/mol. The highest BCUT2D eigenvalue weighted by Gasteiger charge is 2.45. The number of dihydropyridines is 1. The molecule has 5 nitrogen and oxygen atoms in total. The Hall–Kier alpha value is -1.60. The quantitative estimate of drug-likeness (QED) is 0.744. The zero-order chi connectivity index (χ0) is 17.1. The highest BCUT2D eigenvalue weighted by Crippen LogP contribution is 2.49. The second-order valence-corrected chi connectivity index (χ2v) is 9.34. The van der Waals surface area contributed by atoms with Crippen LogP contribution in [-0.2, 0) is 14.6 Å². The van der Waals surface area contributed by atoms with Gasteiger partial charge in [-0.15, -0.1) is 0 Å². The second-order valence-electron chi connectivity index (χ2n) is 6.34. The molecule has 1 aromatic rings. The van der Waals surface area contributed by atoms with Gasteiger partial charge < -0.3 is 10.4 Å². The summed E-state index contributed by atoms with van der Waals surface area (Å²) in [6.45, 7) is 0. The van der Waals surface area contributed by atoms with Crippen LogP contribution in [0.2, 0.25) is 0 Å². The van der Waals surface area contributed by atoms with E-state index in [0.29, 0.717) is 29.7 Å². The molecule has 1 unspecified atom stereocenters. The molecular formula is C17H16BrNO4S. The van der Waals surface area contributed by atoms with Gasteiger partial charge in [0.2, 0.25) is 0 Å². The van der Waals surface area contributed by atoms with Gasteiger partial charge >= 0.3 is 0 Å². The zero-order valence-electron chi connectivity index (χ0n) is 12.8. The van der Waals surface area contributed by atoms with Crippen LogP contribution < -0.4 is 5.32 Å². The molecule has 0 radical (unpaired) electrons. The lowest BCUT2D eigenvalue weighted by atomic mass is 9.79. The smallest absolute Gasteiger partial charge is 0.177 e. The summed E-state index contributed by atoms with van der Waals surface area (Å²) in [5, 5.41) is 13.6. The van der Waals surface area contributed by atoms with Crippen LogP contribution in [0.1, 0.15) is 37.2 Å². The number of rotatable bonds is 1. The number of phenolic OH excluding ortho intramolecular Hbond substituents is 1. The number of hydrogen-bond acceptors (Lipinski definition) is 5. The molecule has 1 aliphatic carbocycles. The van der Waals surface area contributed by atoms with E-state index in [-0.39, 0.29) is 22.2 Å². The van der Waals surface area contributed by atoms with Crippen LogP contribution in [0.15, 0.2) is 44.5 Å². The Morgan fingerprint density at radius 3 is 2.75 bits per heavy atom. The maximum atomic E-state index is 12.6. The molecule has 0 aromatic heterocycles. The first-order valence-electron chi connectivity index (χ1n) is 7.86. The van der Waals surface area contributed by atoms with Gasteiger partial charge in [0.15, 0.2) is 15.6 Å². The van der Waals surface area contributed by atoms with E-state index >= 15 is 0 Å². The molecule has 0 amide bonds. The molecule has 7 heteroatoms. The minimum Gasteiger partial charge on any atom is -0.508 e. The monoisotopic (exact) mass is 409 g/mol. The van der Waals surface area contributed by atoms with Crippen molar-refractivity contribution in [1.29, 1.82) is 0 Å². The lowest BCUT2D eigenvalue weighted by Crippen LogP contribution is -2.32. The van der Waals surface area contributed by atoms with Crippen LogP contribution in [0.4, 0.5) is 0 Å². The summed E-state index contributed by atoms with van der Waals surface area (Å²) < 4.78 is 26.0. The lowest BCUT2D eigenvalue weighted by Gasteiger charge is -2.33. The number of carbonyl (C=O) groups excluding carboxylic acids is 1. The summed E-state index contributed by atoms with van der Waals surface area (Å²) >= 11 is 3.37. The van der Waals surface area contributed by atoms with Gasteiger partial charge in [0.1, 0.15) is 5.75 Å². The van der Waals surface area contributed by atoms with Crippen LogP contribution in [-0.4, -0.2) is 25.1 Å². The fourth-order valence-electron chi connectivity index (χ4n) is 3.83. The van der Waals surface area contributed by atoms with Crippen molar-refractivity contribution in [3.63, 3.8) is 0 Å². The highest BCUT2D eigenvalue weighted by atomic mass is 79.9. The average molecular weight is 410 g/mol. The predicted octanol–water partition coefficient (Wildman–Crippen LogP) is 2.88. The fourth-order valence-corrected chi connectivity index (χ4v) is 6.03. The third-order valence-corrected chi connectivity index (χ3v) is 7.25. The van der Waals surface area contributed by atoms with Crippen molar-refractivity contribution in [2.75, 3.05) is 5.75 Å². The van der Waals surface area contributed by atoms with E-state index in [2.05, 4.69) is 21.2 Å². The average Bonchev–Trinajstić information content (AvgIpc) is 2.83. The van der Waals surface area contributed by atoms with Crippen molar-refractivity contribution in [2.45, 2.75) is 31.6 Å². The summed E-state index contributed by atoms with van der Waals surface area (Å²) in [4.78, 5) is 12.9. The molecule has 4 rings (SSSR count). The second kappa shape index (κ2) is 5.46. The SMILES string of the molecule is O=C1CCCC2=C1C(c1cc(Br)ccc1O)C1=C(CCS1(=O)=O)N2. The molecule has 1 aromatic carbocycles. The molecule has 1 atom stereocenters. The Morgan fingerprint density at radius 2 is 1.96 bits per heavy atom. The molecule has 24 heavy (non-hydrogen) atoms. The Labute approximate surface area is 148 Å². The Kier molecular flexibility index (Phi) is 3.61. The van der Waals surface area contributed by atoms with Gasteiger partial charge in [-0.2, -0.15) is 0 Å². The van der Waals surface area contributed by atoms with Gasteiger partial charge in [0.25, 0.3) is 0 Å². The normalized spacial score (nSPS) is 25.4. The molecule has 3 aliphatic rings. The van der Waals surface area contributed by atoms with Crippen LogP contribution in [0.25, 0.3) is 0 Å². The third kappa shape index (κ3) is 2.33. The molecule has 0 saturated carbocycles. The molecule has 126 valence electrons. The Balaban J connectivity index is 2.00. The summed E-state index contributed by atoms with van der Waals surface area (Å²) in [6, 6.07) is 4.92. The number of Topliss-reactive ketones (excluding diaryl/α,β-unsaturated/α-hetero) is 1. The van der Waals surface area contributed by atoms with Crippen molar-refractivity contribution in [3.05, 3.63) is 50.1 Å². The van der Waals surface area contributed by atoms with Crippen molar-refractivity contribution < 1.29 is 18.3 Å². The first-order chi connectivity index (χ1) is 11.4. The van der Waals surface area contributed by atoms with Crippen molar-refractivity contribution in [3.8, 4) is 5.75 Å². The first kappa shape index (κ1) is 15.9. The minimum absolute atomic E-state index is 0.00396. The topological polar surface area (TPSA) is 83.5 Å². The maximum absolute atomic E-state index is 12.6. The summed E-state index contributed by atoms with van der Waals surface area (Å²) in [5.41, 5.74) is 2.45. The van der Waals surface area contributed by atoms with Crippen LogP contribution in [0.3, 0.4) is 0 Å². The fraction of sp³-hybridized carbons (Fsp3) is 0.353. The number of sulfone groups is 1. The van der Waals surface area contributed by atoms with Crippen LogP contribution >= 0.6 is 15.9 Å².